The van der Waals surface area contributed by atoms with E-state index in [-0.39, 0.29) is 27.9 Å². The van der Waals surface area contributed by atoms with Crippen LogP contribution in [0.4, 0.5) is 0 Å². The van der Waals surface area contributed by atoms with Crippen LogP contribution in [-0.2, 0) is 10.0 Å². The zero-order valence-corrected chi connectivity index (χ0v) is 13.3. The monoisotopic (exact) mass is 315 g/mol. The molecule has 1 heterocycles. The van der Waals surface area contributed by atoms with Crippen LogP contribution in [0.1, 0.15) is 55.8 Å². The number of nitrogens with one attached hydrogen (secondary N) is 1. The summed E-state index contributed by atoms with van der Waals surface area (Å²) in [6, 6.07) is 0.956. The van der Waals surface area contributed by atoms with E-state index in [1.54, 1.807) is 0 Å². The standard InChI is InChI=1S/C14H21NO5S/c1-9-12(8-11(20-9)13(16)17)21(18,19)15-10-4-6-14(2,3)7-5-10/h8,10,15H,4-7H2,1-3H3,(H,16,17). The molecule has 0 amide bonds. The maximum absolute atomic E-state index is 12.4. The number of carboxylic acid groups (broad SMARTS) is 1. The Kier molecular flexibility index (Phi) is 4.17. The largest absolute Gasteiger partial charge is 0.475 e. The van der Waals surface area contributed by atoms with Crippen LogP contribution in [-0.4, -0.2) is 25.5 Å². The first-order valence-corrected chi connectivity index (χ1v) is 8.45. The second kappa shape index (κ2) is 5.46. The van der Waals surface area contributed by atoms with E-state index < -0.39 is 16.0 Å². The van der Waals surface area contributed by atoms with Crippen molar-refractivity contribution in [2.24, 2.45) is 5.41 Å². The van der Waals surface area contributed by atoms with Crippen molar-refractivity contribution in [2.75, 3.05) is 0 Å². The van der Waals surface area contributed by atoms with Crippen LogP contribution in [0.2, 0.25) is 0 Å². The molecular formula is C14H21NO5S. The van der Waals surface area contributed by atoms with Crippen LogP contribution in [0.3, 0.4) is 0 Å². The number of furan rings is 1. The topological polar surface area (TPSA) is 96.6 Å². The molecule has 6 nitrogen and oxygen atoms in total. The van der Waals surface area contributed by atoms with Crippen LogP contribution >= 0.6 is 0 Å². The Bertz CT molecular complexity index is 634. The number of hydrogen-bond acceptors (Lipinski definition) is 4. The van der Waals surface area contributed by atoms with Crippen LogP contribution in [0.5, 0.6) is 0 Å². The maximum Gasteiger partial charge on any atom is 0.371 e. The van der Waals surface area contributed by atoms with Gasteiger partial charge in [0.1, 0.15) is 10.7 Å². The molecule has 0 radical (unpaired) electrons. The molecular weight excluding hydrogens is 294 g/mol. The molecule has 0 atom stereocenters. The lowest BCUT2D eigenvalue weighted by molar-refractivity contribution is 0.0661. The van der Waals surface area contributed by atoms with Crippen molar-refractivity contribution in [1.29, 1.82) is 0 Å². The predicted molar refractivity (Wildman–Crippen MR) is 76.8 cm³/mol. The van der Waals surface area contributed by atoms with Crippen LogP contribution in [0, 0.1) is 12.3 Å². The molecule has 1 aromatic heterocycles. The Balaban J connectivity index is 2.14. The van der Waals surface area contributed by atoms with Crippen molar-refractivity contribution in [3.8, 4) is 0 Å². The van der Waals surface area contributed by atoms with Gasteiger partial charge in [0.2, 0.25) is 15.8 Å². The number of aromatic carboxylic acids is 1. The van der Waals surface area contributed by atoms with Crippen molar-refractivity contribution in [2.45, 2.75) is 57.4 Å². The van der Waals surface area contributed by atoms with Crippen molar-refractivity contribution in [1.82, 2.24) is 4.72 Å². The number of aryl methyl sites for hydroxylation is 1. The molecule has 0 saturated heterocycles. The molecule has 2 rings (SSSR count). The highest BCUT2D eigenvalue weighted by atomic mass is 32.2. The molecule has 0 unspecified atom stereocenters. The van der Waals surface area contributed by atoms with Crippen LogP contribution in [0.25, 0.3) is 0 Å². The van der Waals surface area contributed by atoms with Gasteiger partial charge in [-0.25, -0.2) is 17.9 Å². The minimum atomic E-state index is -3.75. The van der Waals surface area contributed by atoms with Gasteiger partial charge in [0.25, 0.3) is 0 Å². The van der Waals surface area contributed by atoms with Gasteiger partial charge in [-0.05, 0) is 38.0 Å². The van der Waals surface area contributed by atoms with E-state index in [4.69, 9.17) is 9.52 Å². The summed E-state index contributed by atoms with van der Waals surface area (Å²) in [4.78, 5) is 10.8. The second-order valence-electron chi connectivity index (χ2n) is 6.40. The molecule has 1 fully saturated rings. The molecule has 1 saturated carbocycles. The van der Waals surface area contributed by atoms with E-state index in [1.807, 2.05) is 0 Å². The zero-order valence-electron chi connectivity index (χ0n) is 12.5. The Labute approximate surface area is 124 Å². The fourth-order valence-electron chi connectivity index (χ4n) is 2.64. The molecule has 0 bridgehead atoms. The molecule has 0 aliphatic heterocycles. The summed E-state index contributed by atoms with van der Waals surface area (Å²) in [7, 11) is -3.75. The van der Waals surface area contributed by atoms with Gasteiger partial charge in [-0.2, -0.15) is 0 Å². The number of rotatable bonds is 4. The summed E-state index contributed by atoms with van der Waals surface area (Å²) in [5, 5.41) is 8.86. The van der Waals surface area contributed by atoms with E-state index in [2.05, 4.69) is 18.6 Å². The highest BCUT2D eigenvalue weighted by molar-refractivity contribution is 7.89. The summed E-state index contributed by atoms with van der Waals surface area (Å²) in [6.45, 7) is 5.80. The first-order chi connectivity index (χ1) is 9.61. The number of carboxylic acids is 1. The van der Waals surface area contributed by atoms with Crippen molar-refractivity contribution in [3.05, 3.63) is 17.6 Å². The summed E-state index contributed by atoms with van der Waals surface area (Å²) in [5.74, 6) is -1.55. The fraction of sp³-hybridized carbons (Fsp3) is 0.643. The molecule has 1 aliphatic carbocycles. The third kappa shape index (κ3) is 3.65. The fourth-order valence-corrected chi connectivity index (χ4v) is 4.12. The summed E-state index contributed by atoms with van der Waals surface area (Å²) in [6.07, 6.45) is 3.50. The van der Waals surface area contributed by atoms with Crippen molar-refractivity contribution in [3.63, 3.8) is 0 Å². The molecule has 21 heavy (non-hydrogen) atoms. The maximum atomic E-state index is 12.4. The Morgan fingerprint density at radius 3 is 2.43 bits per heavy atom. The van der Waals surface area contributed by atoms with E-state index in [0.717, 1.165) is 31.7 Å². The van der Waals surface area contributed by atoms with Crippen LogP contribution < -0.4 is 4.72 Å². The summed E-state index contributed by atoms with van der Waals surface area (Å²) >= 11 is 0. The molecule has 7 heteroatoms. The first-order valence-electron chi connectivity index (χ1n) is 6.97. The summed E-state index contributed by atoms with van der Waals surface area (Å²) in [5.41, 5.74) is 0.254. The van der Waals surface area contributed by atoms with E-state index in [1.165, 1.54) is 6.92 Å². The average molecular weight is 315 g/mol. The second-order valence-corrected chi connectivity index (χ2v) is 8.08. The average Bonchev–Trinajstić information content (AvgIpc) is 2.75. The van der Waals surface area contributed by atoms with Gasteiger partial charge in [0.15, 0.2) is 0 Å². The van der Waals surface area contributed by atoms with Crippen molar-refractivity contribution < 1.29 is 22.7 Å². The first kappa shape index (κ1) is 16.0. The number of hydrogen-bond donors (Lipinski definition) is 2. The SMILES string of the molecule is Cc1oc(C(=O)O)cc1S(=O)(=O)NC1CCC(C)(C)CC1. The van der Waals surface area contributed by atoms with E-state index >= 15 is 0 Å². The molecule has 118 valence electrons. The molecule has 0 spiro atoms. The zero-order chi connectivity index (χ0) is 15.8. The highest BCUT2D eigenvalue weighted by Gasteiger charge is 2.31. The van der Waals surface area contributed by atoms with Crippen LogP contribution in [0.15, 0.2) is 15.4 Å². The lowest BCUT2D eigenvalue weighted by Gasteiger charge is -2.34. The molecule has 1 aliphatic rings. The molecule has 0 aromatic carbocycles. The quantitative estimate of drug-likeness (QED) is 0.890. The Hall–Kier alpha value is -1.34. The lowest BCUT2D eigenvalue weighted by atomic mass is 9.76. The van der Waals surface area contributed by atoms with Gasteiger partial charge in [-0.1, -0.05) is 13.8 Å². The van der Waals surface area contributed by atoms with Gasteiger partial charge < -0.3 is 9.52 Å². The van der Waals surface area contributed by atoms with Gasteiger partial charge >= 0.3 is 5.97 Å². The predicted octanol–water partition coefficient (Wildman–Crippen LogP) is 2.53. The molecule has 1 aromatic rings. The Morgan fingerprint density at radius 1 is 1.38 bits per heavy atom. The highest BCUT2D eigenvalue weighted by Crippen LogP contribution is 2.35. The summed E-state index contributed by atoms with van der Waals surface area (Å²) < 4.78 is 32.3. The van der Waals surface area contributed by atoms with Crippen molar-refractivity contribution >= 4 is 16.0 Å². The minimum Gasteiger partial charge on any atom is -0.475 e. The normalized spacial score (nSPS) is 19.6. The minimum absolute atomic E-state index is 0.0928. The number of carbonyl (C=O) groups is 1. The lowest BCUT2D eigenvalue weighted by Crippen LogP contribution is -2.39. The van der Waals surface area contributed by atoms with Gasteiger partial charge in [0.05, 0.1) is 0 Å². The Morgan fingerprint density at radius 2 is 1.95 bits per heavy atom. The third-order valence-corrected chi connectivity index (χ3v) is 5.66. The third-order valence-electron chi connectivity index (χ3n) is 4.03. The van der Waals surface area contributed by atoms with E-state index in [9.17, 15) is 13.2 Å². The van der Waals surface area contributed by atoms with Gasteiger partial charge in [0, 0.05) is 12.1 Å². The smallest absolute Gasteiger partial charge is 0.371 e. The van der Waals surface area contributed by atoms with Gasteiger partial charge in [-0.3, -0.25) is 0 Å². The number of sulfonamides is 1. The van der Waals surface area contributed by atoms with Gasteiger partial charge in [-0.15, -0.1) is 0 Å². The van der Waals surface area contributed by atoms with E-state index in [0.29, 0.717) is 0 Å². The molecule has 2 N–H and O–H groups in total.